The van der Waals surface area contributed by atoms with Crippen molar-refractivity contribution in [1.82, 2.24) is 4.98 Å². The van der Waals surface area contributed by atoms with Crippen LogP contribution in [-0.2, 0) is 0 Å². The van der Waals surface area contributed by atoms with Crippen molar-refractivity contribution in [3.63, 3.8) is 0 Å². The fourth-order valence-corrected chi connectivity index (χ4v) is 3.32. The average Bonchev–Trinajstić information content (AvgIpc) is 2.74. The monoisotopic (exact) mass is 349 g/mol. The van der Waals surface area contributed by atoms with E-state index in [2.05, 4.69) is 35.3 Å². The molecule has 0 N–H and O–H groups in total. The first-order valence-corrected chi connectivity index (χ1v) is 8.95. The number of ketones is 1. The minimum absolute atomic E-state index is 0.0736. The smallest absolute Gasteiger partial charge is 0.159 e. The van der Waals surface area contributed by atoms with Crippen LogP contribution < -0.4 is 0 Å². The Morgan fingerprint density at radius 1 is 0.667 bits per heavy atom. The summed E-state index contributed by atoms with van der Waals surface area (Å²) in [4.78, 5) is 16.2. The average molecular weight is 349 g/mol. The molecule has 0 aliphatic rings. The number of benzene rings is 3. The van der Waals surface area contributed by atoms with Crippen LogP contribution in [0.2, 0.25) is 0 Å². The Kier molecular flexibility index (Phi) is 4.63. The molecule has 0 saturated carbocycles. The van der Waals surface area contributed by atoms with Gasteiger partial charge < -0.3 is 0 Å². The molecular formula is C25H19NO. The number of carbonyl (C=O) groups excluding carboxylic acids is 1. The van der Waals surface area contributed by atoms with Crippen molar-refractivity contribution in [3.8, 4) is 33.5 Å². The summed E-state index contributed by atoms with van der Waals surface area (Å²) in [6.45, 7) is 1.59. The zero-order chi connectivity index (χ0) is 18.6. The fourth-order valence-electron chi connectivity index (χ4n) is 3.32. The van der Waals surface area contributed by atoms with E-state index in [-0.39, 0.29) is 5.78 Å². The van der Waals surface area contributed by atoms with Crippen LogP contribution in [0.25, 0.3) is 33.5 Å². The number of nitrogens with zero attached hydrogens (tertiary/aromatic N) is 1. The number of aromatic nitrogens is 1. The number of Topliss-reactive ketones (excluding diaryl/α,β-unsaturated/α-hetero) is 1. The Morgan fingerprint density at radius 2 is 1.30 bits per heavy atom. The Hall–Kier alpha value is -3.52. The zero-order valence-corrected chi connectivity index (χ0v) is 15.1. The molecule has 0 unspecified atom stereocenters. The highest BCUT2D eigenvalue weighted by atomic mass is 16.1. The number of rotatable bonds is 4. The van der Waals surface area contributed by atoms with Gasteiger partial charge in [0, 0.05) is 17.3 Å². The van der Waals surface area contributed by atoms with Gasteiger partial charge in [-0.25, -0.2) is 0 Å². The maximum atomic E-state index is 11.6. The quantitative estimate of drug-likeness (QED) is 0.406. The first kappa shape index (κ1) is 16.9. The van der Waals surface area contributed by atoms with Gasteiger partial charge in [0.15, 0.2) is 5.78 Å². The van der Waals surface area contributed by atoms with Gasteiger partial charge >= 0.3 is 0 Å². The van der Waals surface area contributed by atoms with E-state index < -0.39 is 0 Å². The largest absolute Gasteiger partial charge is 0.295 e. The molecule has 0 saturated heterocycles. The summed E-state index contributed by atoms with van der Waals surface area (Å²) >= 11 is 0. The van der Waals surface area contributed by atoms with Crippen LogP contribution in [0.1, 0.15) is 17.3 Å². The predicted molar refractivity (Wildman–Crippen MR) is 111 cm³/mol. The molecule has 27 heavy (non-hydrogen) atoms. The maximum absolute atomic E-state index is 11.6. The van der Waals surface area contributed by atoms with E-state index in [0.717, 1.165) is 39.1 Å². The first-order valence-electron chi connectivity index (χ1n) is 8.95. The molecule has 4 rings (SSSR count). The molecule has 0 atom stereocenters. The number of hydrogen-bond acceptors (Lipinski definition) is 2. The lowest BCUT2D eigenvalue weighted by molar-refractivity contribution is 0.101. The summed E-state index contributed by atoms with van der Waals surface area (Å²) in [5, 5.41) is 0. The fraction of sp³-hybridized carbons (Fsp3) is 0.0400. The Balaban J connectivity index is 1.95. The molecule has 2 nitrogen and oxygen atoms in total. The molecule has 0 amide bonds. The molecule has 4 aromatic rings. The SMILES string of the molecule is CC(=O)c1ccc(-c2cccc(-c3ccccc3)c2-c2ccccn2)cc1. The van der Waals surface area contributed by atoms with Crippen molar-refractivity contribution in [3.05, 3.63) is 103 Å². The molecule has 3 aromatic carbocycles. The molecule has 2 heteroatoms. The second-order valence-corrected chi connectivity index (χ2v) is 6.44. The van der Waals surface area contributed by atoms with Gasteiger partial charge in [-0.2, -0.15) is 0 Å². The van der Waals surface area contributed by atoms with Gasteiger partial charge in [-0.05, 0) is 41.3 Å². The van der Waals surface area contributed by atoms with E-state index in [9.17, 15) is 4.79 Å². The van der Waals surface area contributed by atoms with Gasteiger partial charge in [-0.3, -0.25) is 9.78 Å². The van der Waals surface area contributed by atoms with Crippen LogP contribution >= 0.6 is 0 Å². The van der Waals surface area contributed by atoms with Crippen molar-refractivity contribution in [1.29, 1.82) is 0 Å². The number of pyridine rings is 1. The summed E-state index contributed by atoms with van der Waals surface area (Å²) in [5.74, 6) is 0.0736. The molecule has 0 spiro atoms. The molecule has 0 bridgehead atoms. The van der Waals surface area contributed by atoms with Crippen molar-refractivity contribution >= 4 is 5.78 Å². The molecule has 0 aliphatic heterocycles. The van der Waals surface area contributed by atoms with Crippen LogP contribution in [0.4, 0.5) is 0 Å². The summed E-state index contributed by atoms with van der Waals surface area (Å²) in [6, 6.07) is 30.4. The van der Waals surface area contributed by atoms with E-state index >= 15 is 0 Å². The Labute approximate surface area is 159 Å². The molecule has 0 fully saturated rings. The van der Waals surface area contributed by atoms with Gasteiger partial charge in [0.1, 0.15) is 0 Å². The van der Waals surface area contributed by atoms with E-state index in [4.69, 9.17) is 0 Å². The molecular weight excluding hydrogens is 330 g/mol. The second-order valence-electron chi connectivity index (χ2n) is 6.44. The second kappa shape index (κ2) is 7.38. The third kappa shape index (κ3) is 3.42. The van der Waals surface area contributed by atoms with Crippen LogP contribution in [0, 0.1) is 0 Å². The lowest BCUT2D eigenvalue weighted by Crippen LogP contribution is -1.94. The topological polar surface area (TPSA) is 30.0 Å². The van der Waals surface area contributed by atoms with Crippen molar-refractivity contribution < 1.29 is 4.79 Å². The van der Waals surface area contributed by atoms with Crippen molar-refractivity contribution in [2.45, 2.75) is 6.92 Å². The summed E-state index contributed by atoms with van der Waals surface area (Å²) < 4.78 is 0. The van der Waals surface area contributed by atoms with E-state index in [1.807, 2.05) is 66.9 Å². The van der Waals surface area contributed by atoms with Gasteiger partial charge in [-0.1, -0.05) is 78.9 Å². The van der Waals surface area contributed by atoms with E-state index in [0.29, 0.717) is 0 Å². The molecule has 1 heterocycles. The highest BCUT2D eigenvalue weighted by molar-refractivity contribution is 5.96. The Bertz CT molecular complexity index is 1070. The molecule has 0 aliphatic carbocycles. The van der Waals surface area contributed by atoms with Crippen LogP contribution in [0.15, 0.2) is 97.2 Å². The maximum Gasteiger partial charge on any atom is 0.159 e. The minimum Gasteiger partial charge on any atom is -0.295 e. The zero-order valence-electron chi connectivity index (χ0n) is 15.1. The molecule has 130 valence electrons. The van der Waals surface area contributed by atoms with E-state index in [1.54, 1.807) is 6.92 Å². The van der Waals surface area contributed by atoms with Crippen LogP contribution in [0.5, 0.6) is 0 Å². The highest BCUT2D eigenvalue weighted by Gasteiger charge is 2.14. The number of hydrogen-bond donors (Lipinski definition) is 0. The highest BCUT2D eigenvalue weighted by Crippen LogP contribution is 2.39. The van der Waals surface area contributed by atoms with Gasteiger partial charge in [-0.15, -0.1) is 0 Å². The van der Waals surface area contributed by atoms with Crippen LogP contribution in [-0.4, -0.2) is 10.8 Å². The lowest BCUT2D eigenvalue weighted by Gasteiger charge is -2.15. The van der Waals surface area contributed by atoms with Crippen molar-refractivity contribution in [2.75, 3.05) is 0 Å². The molecule has 0 radical (unpaired) electrons. The lowest BCUT2D eigenvalue weighted by atomic mass is 9.89. The van der Waals surface area contributed by atoms with Crippen molar-refractivity contribution in [2.24, 2.45) is 0 Å². The normalized spacial score (nSPS) is 10.6. The third-order valence-electron chi connectivity index (χ3n) is 4.67. The number of carbonyl (C=O) groups is 1. The van der Waals surface area contributed by atoms with Gasteiger partial charge in [0.2, 0.25) is 0 Å². The predicted octanol–water partition coefficient (Wildman–Crippen LogP) is 6.29. The van der Waals surface area contributed by atoms with Crippen LogP contribution in [0.3, 0.4) is 0 Å². The molecule has 1 aromatic heterocycles. The Morgan fingerprint density at radius 3 is 1.89 bits per heavy atom. The first-order chi connectivity index (χ1) is 13.2. The third-order valence-corrected chi connectivity index (χ3v) is 4.67. The summed E-state index contributed by atoms with van der Waals surface area (Å²) in [5.41, 5.74) is 7.21. The standard InChI is InChI=1S/C25H19NO/c1-18(27)19-13-15-21(16-14-19)23-11-7-10-22(20-8-3-2-4-9-20)25(23)24-12-5-6-17-26-24/h2-17H,1H3. The summed E-state index contributed by atoms with van der Waals surface area (Å²) in [7, 11) is 0. The van der Waals surface area contributed by atoms with Gasteiger partial charge in [0.05, 0.1) is 5.69 Å². The van der Waals surface area contributed by atoms with Gasteiger partial charge in [0.25, 0.3) is 0 Å². The summed E-state index contributed by atoms with van der Waals surface area (Å²) in [6.07, 6.45) is 1.82. The van der Waals surface area contributed by atoms with E-state index in [1.165, 1.54) is 0 Å². The minimum atomic E-state index is 0.0736.